The minimum atomic E-state index is 0.304. The maximum absolute atomic E-state index is 5.48. The van der Waals surface area contributed by atoms with Crippen LogP contribution in [0.4, 0.5) is 5.82 Å². The number of nitrogens with zero attached hydrogens (tertiary/aromatic N) is 4. The van der Waals surface area contributed by atoms with E-state index in [-0.39, 0.29) is 0 Å². The van der Waals surface area contributed by atoms with E-state index in [2.05, 4.69) is 48.1 Å². The minimum absolute atomic E-state index is 0.304. The van der Waals surface area contributed by atoms with E-state index in [9.17, 15) is 0 Å². The fraction of sp³-hybridized carbons (Fsp3) is 0.462. The summed E-state index contributed by atoms with van der Waals surface area (Å²) in [5.41, 5.74) is 4.44. The van der Waals surface area contributed by atoms with E-state index in [1.165, 1.54) is 0 Å². The standard InChI is InChI=1S/C13H20N6/c1-8(2)10-5-12(18-14)17-13(16-10)11-6-15-7-19(11)9(3)4/h5-9H,14H2,1-4H3,(H,16,17,18). The number of nitrogens with one attached hydrogen (secondary N) is 1. The fourth-order valence-electron chi connectivity index (χ4n) is 1.84. The van der Waals surface area contributed by atoms with Crippen LogP contribution in [0.1, 0.15) is 45.3 Å². The first-order valence-corrected chi connectivity index (χ1v) is 6.40. The van der Waals surface area contributed by atoms with Crippen molar-refractivity contribution >= 4 is 5.82 Å². The molecular formula is C13H20N6. The average Bonchev–Trinajstić information content (AvgIpc) is 2.87. The third-order valence-electron chi connectivity index (χ3n) is 2.94. The molecule has 0 amide bonds. The first-order valence-electron chi connectivity index (χ1n) is 6.40. The van der Waals surface area contributed by atoms with Gasteiger partial charge in [0, 0.05) is 17.8 Å². The Morgan fingerprint density at radius 1 is 1.21 bits per heavy atom. The van der Waals surface area contributed by atoms with E-state index >= 15 is 0 Å². The molecule has 6 nitrogen and oxygen atoms in total. The second-order valence-corrected chi connectivity index (χ2v) is 5.08. The summed E-state index contributed by atoms with van der Waals surface area (Å²) in [6.07, 6.45) is 3.57. The molecule has 0 unspecified atom stereocenters. The lowest BCUT2D eigenvalue weighted by Gasteiger charge is -2.13. The molecule has 0 saturated carbocycles. The van der Waals surface area contributed by atoms with Crippen molar-refractivity contribution in [2.45, 2.75) is 39.7 Å². The molecule has 102 valence electrons. The molecule has 2 heterocycles. The molecule has 0 bridgehead atoms. The normalized spacial score (nSPS) is 11.3. The van der Waals surface area contributed by atoms with Crippen molar-refractivity contribution in [3.63, 3.8) is 0 Å². The van der Waals surface area contributed by atoms with E-state index in [4.69, 9.17) is 5.84 Å². The summed E-state index contributed by atoms with van der Waals surface area (Å²) < 4.78 is 2.04. The molecule has 0 aliphatic carbocycles. The van der Waals surface area contributed by atoms with Gasteiger partial charge >= 0.3 is 0 Å². The molecule has 3 N–H and O–H groups in total. The Morgan fingerprint density at radius 2 is 1.95 bits per heavy atom. The van der Waals surface area contributed by atoms with Gasteiger partial charge in [-0.15, -0.1) is 0 Å². The van der Waals surface area contributed by atoms with Gasteiger partial charge in [-0.3, -0.25) is 0 Å². The van der Waals surface area contributed by atoms with Gasteiger partial charge in [-0.05, 0) is 19.8 Å². The average molecular weight is 260 g/mol. The van der Waals surface area contributed by atoms with Gasteiger partial charge in [0.1, 0.15) is 11.5 Å². The molecule has 2 aromatic rings. The molecule has 2 rings (SSSR count). The lowest BCUT2D eigenvalue weighted by atomic mass is 10.1. The van der Waals surface area contributed by atoms with E-state index in [0.29, 0.717) is 23.6 Å². The Morgan fingerprint density at radius 3 is 2.53 bits per heavy atom. The first kappa shape index (κ1) is 13.5. The van der Waals surface area contributed by atoms with Crippen molar-refractivity contribution in [3.05, 3.63) is 24.3 Å². The smallest absolute Gasteiger partial charge is 0.180 e. The van der Waals surface area contributed by atoms with Gasteiger partial charge in [-0.1, -0.05) is 13.8 Å². The van der Waals surface area contributed by atoms with Crippen LogP contribution in [-0.4, -0.2) is 19.5 Å². The fourth-order valence-corrected chi connectivity index (χ4v) is 1.84. The molecule has 0 saturated heterocycles. The van der Waals surface area contributed by atoms with Crippen molar-refractivity contribution < 1.29 is 0 Å². The third kappa shape index (κ3) is 2.73. The second-order valence-electron chi connectivity index (χ2n) is 5.08. The summed E-state index contributed by atoms with van der Waals surface area (Å²) in [5.74, 6) is 7.05. The molecule has 0 spiro atoms. The summed E-state index contributed by atoms with van der Waals surface area (Å²) in [7, 11) is 0. The van der Waals surface area contributed by atoms with Crippen LogP contribution in [0, 0.1) is 0 Å². The first-order chi connectivity index (χ1) is 9.02. The van der Waals surface area contributed by atoms with Crippen LogP contribution in [-0.2, 0) is 0 Å². The Kier molecular flexibility index (Phi) is 3.80. The van der Waals surface area contributed by atoms with Crippen molar-refractivity contribution in [1.29, 1.82) is 0 Å². The van der Waals surface area contributed by atoms with E-state index in [1.807, 2.05) is 10.6 Å². The number of aromatic nitrogens is 4. The molecule has 0 atom stereocenters. The van der Waals surface area contributed by atoms with Crippen molar-refractivity contribution in [2.24, 2.45) is 5.84 Å². The lowest BCUT2D eigenvalue weighted by Crippen LogP contribution is -2.12. The van der Waals surface area contributed by atoms with Crippen LogP contribution in [0.2, 0.25) is 0 Å². The topological polar surface area (TPSA) is 81.6 Å². The van der Waals surface area contributed by atoms with Crippen molar-refractivity contribution in [3.8, 4) is 11.5 Å². The maximum Gasteiger partial charge on any atom is 0.180 e. The highest BCUT2D eigenvalue weighted by Crippen LogP contribution is 2.23. The number of imidazole rings is 1. The zero-order valence-electron chi connectivity index (χ0n) is 11.8. The Hall–Kier alpha value is -1.95. The molecule has 6 heteroatoms. The second kappa shape index (κ2) is 5.36. The van der Waals surface area contributed by atoms with Gasteiger partial charge in [0.05, 0.1) is 12.5 Å². The third-order valence-corrected chi connectivity index (χ3v) is 2.94. The number of nitrogen functional groups attached to an aromatic ring is 1. The van der Waals surface area contributed by atoms with Gasteiger partial charge < -0.3 is 9.99 Å². The van der Waals surface area contributed by atoms with E-state index in [0.717, 1.165) is 11.4 Å². The summed E-state index contributed by atoms with van der Waals surface area (Å²) in [5, 5.41) is 0. The Labute approximate surface area is 113 Å². The van der Waals surface area contributed by atoms with Crippen LogP contribution in [0.25, 0.3) is 11.5 Å². The molecular weight excluding hydrogens is 240 g/mol. The van der Waals surface area contributed by atoms with Crippen LogP contribution >= 0.6 is 0 Å². The maximum atomic E-state index is 5.48. The van der Waals surface area contributed by atoms with E-state index < -0.39 is 0 Å². The highest BCUT2D eigenvalue weighted by molar-refractivity contribution is 5.53. The number of hydrogen-bond donors (Lipinski definition) is 2. The summed E-state index contributed by atoms with van der Waals surface area (Å²) in [4.78, 5) is 13.2. The summed E-state index contributed by atoms with van der Waals surface area (Å²) in [6, 6.07) is 2.17. The van der Waals surface area contributed by atoms with Crippen LogP contribution in [0.3, 0.4) is 0 Å². The van der Waals surface area contributed by atoms with Crippen molar-refractivity contribution in [2.75, 3.05) is 5.43 Å². The molecule has 0 aromatic carbocycles. The number of hydrogen-bond acceptors (Lipinski definition) is 5. The Balaban J connectivity index is 2.54. The SMILES string of the molecule is CC(C)c1cc(NN)nc(-c2cncn2C(C)C)n1. The summed E-state index contributed by atoms with van der Waals surface area (Å²) >= 11 is 0. The zero-order valence-corrected chi connectivity index (χ0v) is 11.8. The van der Waals surface area contributed by atoms with Gasteiger partial charge in [0.2, 0.25) is 0 Å². The number of nitrogens with two attached hydrogens (primary N) is 1. The molecule has 0 aliphatic rings. The quantitative estimate of drug-likeness (QED) is 0.651. The largest absolute Gasteiger partial charge is 0.325 e. The Bertz CT molecular complexity index is 558. The molecule has 2 aromatic heterocycles. The lowest BCUT2D eigenvalue weighted by molar-refractivity contribution is 0.603. The van der Waals surface area contributed by atoms with Gasteiger partial charge in [0.25, 0.3) is 0 Å². The van der Waals surface area contributed by atoms with Crippen LogP contribution in [0.15, 0.2) is 18.6 Å². The predicted octanol–water partition coefficient (Wildman–Crippen LogP) is 2.33. The summed E-state index contributed by atoms with van der Waals surface area (Å²) in [6.45, 7) is 8.37. The highest BCUT2D eigenvalue weighted by atomic mass is 15.3. The van der Waals surface area contributed by atoms with Gasteiger partial charge in [-0.2, -0.15) is 0 Å². The molecule has 19 heavy (non-hydrogen) atoms. The molecule has 0 aliphatic heterocycles. The van der Waals surface area contributed by atoms with E-state index in [1.54, 1.807) is 12.5 Å². The molecule has 0 radical (unpaired) electrons. The molecule has 0 fully saturated rings. The number of hydrazine groups is 1. The minimum Gasteiger partial charge on any atom is -0.325 e. The number of rotatable bonds is 4. The van der Waals surface area contributed by atoms with Crippen molar-refractivity contribution in [1.82, 2.24) is 19.5 Å². The van der Waals surface area contributed by atoms with Crippen LogP contribution < -0.4 is 11.3 Å². The highest BCUT2D eigenvalue weighted by Gasteiger charge is 2.14. The van der Waals surface area contributed by atoms with Gasteiger partial charge in [-0.25, -0.2) is 20.8 Å². The zero-order chi connectivity index (χ0) is 14.0. The van der Waals surface area contributed by atoms with Gasteiger partial charge in [0.15, 0.2) is 5.82 Å². The monoisotopic (exact) mass is 260 g/mol. The predicted molar refractivity (Wildman–Crippen MR) is 75.5 cm³/mol. The van der Waals surface area contributed by atoms with Crippen LogP contribution in [0.5, 0.6) is 0 Å². The number of anilines is 1.